The molecule has 0 aliphatic carbocycles. The van der Waals surface area contributed by atoms with Crippen molar-refractivity contribution in [3.05, 3.63) is 96.6 Å². The van der Waals surface area contributed by atoms with E-state index in [0.717, 1.165) is 5.39 Å². The van der Waals surface area contributed by atoms with Crippen LogP contribution in [0.25, 0.3) is 10.8 Å². The fourth-order valence-electron chi connectivity index (χ4n) is 3.19. The molecule has 2 N–H and O–H groups in total. The van der Waals surface area contributed by atoms with E-state index >= 15 is 0 Å². The van der Waals surface area contributed by atoms with Crippen LogP contribution in [0.15, 0.2) is 95.9 Å². The topological polar surface area (TPSA) is 84.5 Å². The highest BCUT2D eigenvalue weighted by atomic mass is 32.2. The molecule has 0 bridgehead atoms. The number of nitrogens with one attached hydrogen (secondary N) is 2. The van der Waals surface area contributed by atoms with E-state index < -0.39 is 10.0 Å². The van der Waals surface area contributed by atoms with Gasteiger partial charge in [-0.3, -0.25) is 9.52 Å². The first-order valence-corrected chi connectivity index (χ1v) is 11.0. The molecule has 0 heterocycles. The minimum absolute atomic E-state index is 0.0947. The Morgan fingerprint density at radius 2 is 1.58 bits per heavy atom. The van der Waals surface area contributed by atoms with Gasteiger partial charge in [0.2, 0.25) is 0 Å². The summed E-state index contributed by atoms with van der Waals surface area (Å²) in [6.45, 7) is 0. The van der Waals surface area contributed by atoms with E-state index in [9.17, 15) is 13.2 Å². The standard InChI is InChI=1S/C24H20N2O4S/c1-30-20-13-11-19(12-14-20)26-31(28,29)21-15-10-17-8-5-9-23(22(17)16-21)25-24(27)18-6-3-2-4-7-18/h2-16,26H,1H3,(H,25,27). The summed E-state index contributed by atoms with van der Waals surface area (Å²) in [5.41, 5.74) is 1.48. The SMILES string of the molecule is COc1ccc(NS(=O)(=O)c2ccc3cccc(NC(=O)c4ccccc4)c3c2)cc1. The van der Waals surface area contributed by atoms with Crippen molar-refractivity contribution in [3.63, 3.8) is 0 Å². The molecule has 0 aliphatic rings. The van der Waals surface area contributed by atoms with Crippen LogP contribution in [0.4, 0.5) is 11.4 Å². The van der Waals surface area contributed by atoms with Crippen LogP contribution in [-0.4, -0.2) is 21.4 Å². The molecule has 6 nitrogen and oxygen atoms in total. The Morgan fingerprint density at radius 1 is 0.839 bits per heavy atom. The monoisotopic (exact) mass is 432 g/mol. The number of hydrogen-bond donors (Lipinski definition) is 2. The minimum Gasteiger partial charge on any atom is -0.497 e. The van der Waals surface area contributed by atoms with Gasteiger partial charge < -0.3 is 10.1 Å². The lowest BCUT2D eigenvalue weighted by Gasteiger charge is -2.12. The molecule has 0 saturated carbocycles. The average Bonchev–Trinajstić information content (AvgIpc) is 2.80. The molecule has 156 valence electrons. The number of carbonyl (C=O) groups excluding carboxylic acids is 1. The number of methoxy groups -OCH3 is 1. The van der Waals surface area contributed by atoms with Gasteiger partial charge in [-0.1, -0.05) is 36.4 Å². The third-order valence-electron chi connectivity index (χ3n) is 4.79. The van der Waals surface area contributed by atoms with Crippen LogP contribution in [0.1, 0.15) is 10.4 Å². The van der Waals surface area contributed by atoms with E-state index in [4.69, 9.17) is 4.74 Å². The smallest absolute Gasteiger partial charge is 0.261 e. The first-order valence-electron chi connectivity index (χ1n) is 9.52. The molecule has 4 aromatic rings. The molecule has 4 rings (SSSR count). The van der Waals surface area contributed by atoms with Gasteiger partial charge >= 0.3 is 0 Å². The highest BCUT2D eigenvalue weighted by Crippen LogP contribution is 2.28. The summed E-state index contributed by atoms with van der Waals surface area (Å²) in [5, 5.41) is 4.32. The molecule has 0 unspecified atom stereocenters. The second-order valence-corrected chi connectivity index (χ2v) is 8.53. The summed E-state index contributed by atoms with van der Waals surface area (Å²) in [5.74, 6) is 0.366. The maximum atomic E-state index is 12.9. The molecule has 0 atom stereocenters. The van der Waals surface area contributed by atoms with E-state index in [1.807, 2.05) is 18.2 Å². The normalized spacial score (nSPS) is 11.1. The van der Waals surface area contributed by atoms with Crippen LogP contribution in [0.2, 0.25) is 0 Å². The highest BCUT2D eigenvalue weighted by Gasteiger charge is 2.16. The van der Waals surface area contributed by atoms with Gasteiger partial charge in [0.05, 0.1) is 12.0 Å². The largest absolute Gasteiger partial charge is 0.497 e. The minimum atomic E-state index is -3.83. The van der Waals surface area contributed by atoms with Crippen LogP contribution in [0.5, 0.6) is 5.75 Å². The third-order valence-corrected chi connectivity index (χ3v) is 6.17. The van der Waals surface area contributed by atoms with Crippen molar-refractivity contribution in [3.8, 4) is 5.75 Å². The lowest BCUT2D eigenvalue weighted by atomic mass is 10.1. The van der Waals surface area contributed by atoms with Gasteiger partial charge in [0.15, 0.2) is 0 Å². The molecular weight excluding hydrogens is 412 g/mol. The molecule has 1 amide bonds. The van der Waals surface area contributed by atoms with Crippen molar-refractivity contribution < 1.29 is 17.9 Å². The third kappa shape index (κ3) is 4.51. The fraction of sp³-hybridized carbons (Fsp3) is 0.0417. The Morgan fingerprint density at radius 3 is 2.29 bits per heavy atom. The van der Waals surface area contributed by atoms with Crippen molar-refractivity contribution >= 4 is 38.1 Å². The lowest BCUT2D eigenvalue weighted by Crippen LogP contribution is -2.14. The van der Waals surface area contributed by atoms with Gasteiger partial charge in [0, 0.05) is 22.3 Å². The van der Waals surface area contributed by atoms with Crippen molar-refractivity contribution in [1.29, 1.82) is 0 Å². The van der Waals surface area contributed by atoms with E-state index in [1.165, 1.54) is 6.07 Å². The van der Waals surface area contributed by atoms with Gasteiger partial charge in [-0.2, -0.15) is 0 Å². The number of sulfonamides is 1. The number of carbonyl (C=O) groups is 1. The number of hydrogen-bond acceptors (Lipinski definition) is 4. The van der Waals surface area contributed by atoms with Gasteiger partial charge in [0.25, 0.3) is 15.9 Å². The summed E-state index contributed by atoms with van der Waals surface area (Å²) >= 11 is 0. The van der Waals surface area contributed by atoms with Crippen molar-refractivity contribution in [2.45, 2.75) is 4.90 Å². The maximum absolute atomic E-state index is 12.9. The predicted octanol–water partition coefficient (Wildman–Crippen LogP) is 4.90. The first kappa shape index (κ1) is 20.4. The summed E-state index contributed by atoms with van der Waals surface area (Å²) in [6, 6.07) is 25.7. The number of amides is 1. The molecule has 31 heavy (non-hydrogen) atoms. The van der Waals surface area contributed by atoms with Crippen LogP contribution < -0.4 is 14.8 Å². The number of rotatable bonds is 6. The van der Waals surface area contributed by atoms with Crippen LogP contribution >= 0.6 is 0 Å². The Labute approximate surface area is 180 Å². The molecule has 0 spiro atoms. The second kappa shape index (κ2) is 8.49. The first-order chi connectivity index (χ1) is 15.0. The van der Waals surface area contributed by atoms with Gasteiger partial charge in [-0.15, -0.1) is 0 Å². The van der Waals surface area contributed by atoms with E-state index in [-0.39, 0.29) is 10.8 Å². The molecular formula is C24H20N2O4S. The van der Waals surface area contributed by atoms with Crippen molar-refractivity contribution in [2.75, 3.05) is 17.1 Å². The number of benzene rings is 4. The molecule has 0 aromatic heterocycles. The van der Waals surface area contributed by atoms with E-state index in [0.29, 0.717) is 28.1 Å². The van der Waals surface area contributed by atoms with Gasteiger partial charge in [-0.25, -0.2) is 8.42 Å². The number of ether oxygens (including phenoxy) is 1. The zero-order chi connectivity index (χ0) is 21.8. The Kier molecular flexibility index (Phi) is 5.60. The Hall–Kier alpha value is -3.84. The van der Waals surface area contributed by atoms with Crippen LogP contribution in [0.3, 0.4) is 0 Å². The molecule has 0 radical (unpaired) electrons. The molecule has 4 aromatic carbocycles. The molecule has 0 aliphatic heterocycles. The summed E-state index contributed by atoms with van der Waals surface area (Å²) in [4.78, 5) is 12.7. The number of anilines is 2. The number of fused-ring (bicyclic) bond motifs is 1. The van der Waals surface area contributed by atoms with E-state index in [2.05, 4.69) is 10.0 Å². The fourth-order valence-corrected chi connectivity index (χ4v) is 4.27. The summed E-state index contributed by atoms with van der Waals surface area (Å²) < 4.78 is 33.5. The van der Waals surface area contributed by atoms with Crippen molar-refractivity contribution in [2.24, 2.45) is 0 Å². The van der Waals surface area contributed by atoms with E-state index in [1.54, 1.807) is 73.8 Å². The molecule has 7 heteroatoms. The second-order valence-electron chi connectivity index (χ2n) is 6.84. The summed E-state index contributed by atoms with van der Waals surface area (Å²) in [6.07, 6.45) is 0. The highest BCUT2D eigenvalue weighted by molar-refractivity contribution is 7.92. The average molecular weight is 433 g/mol. The van der Waals surface area contributed by atoms with Crippen LogP contribution in [0, 0.1) is 0 Å². The van der Waals surface area contributed by atoms with Gasteiger partial charge in [0.1, 0.15) is 5.75 Å². The Balaban J connectivity index is 1.66. The lowest BCUT2D eigenvalue weighted by molar-refractivity contribution is 0.102. The zero-order valence-electron chi connectivity index (χ0n) is 16.7. The maximum Gasteiger partial charge on any atom is 0.261 e. The molecule has 0 fully saturated rings. The zero-order valence-corrected chi connectivity index (χ0v) is 17.5. The van der Waals surface area contributed by atoms with Crippen molar-refractivity contribution in [1.82, 2.24) is 0 Å². The Bertz CT molecular complexity index is 1340. The molecule has 0 saturated heterocycles. The van der Waals surface area contributed by atoms with Gasteiger partial charge in [-0.05, 0) is 60.0 Å². The predicted molar refractivity (Wildman–Crippen MR) is 122 cm³/mol. The van der Waals surface area contributed by atoms with Crippen LogP contribution in [-0.2, 0) is 10.0 Å². The summed E-state index contributed by atoms with van der Waals surface area (Å²) in [7, 11) is -2.28. The quantitative estimate of drug-likeness (QED) is 0.454.